The average molecular weight is 396 g/mol. The molecule has 1 atom stereocenters. The molecule has 2 heterocycles. The van der Waals surface area contributed by atoms with Crippen LogP contribution >= 0.6 is 0 Å². The lowest BCUT2D eigenvalue weighted by Gasteiger charge is -2.32. The van der Waals surface area contributed by atoms with E-state index >= 15 is 0 Å². The van der Waals surface area contributed by atoms with Crippen LogP contribution in [0.2, 0.25) is 0 Å². The molecule has 2 aromatic rings. The number of likely N-dealkylation sites (tertiary alicyclic amines) is 1. The molecular formula is C22H28N4O3. The van der Waals surface area contributed by atoms with Crippen molar-refractivity contribution in [3.05, 3.63) is 41.7 Å². The highest BCUT2D eigenvalue weighted by atomic mass is 16.5. The number of nitrogens with one attached hydrogen (secondary N) is 2. The number of amides is 2. The Labute approximate surface area is 170 Å². The minimum absolute atomic E-state index is 0.0217. The molecule has 1 saturated carbocycles. The molecule has 4 rings (SSSR count). The van der Waals surface area contributed by atoms with Crippen molar-refractivity contribution in [2.24, 2.45) is 5.92 Å². The van der Waals surface area contributed by atoms with Crippen molar-refractivity contribution in [2.75, 3.05) is 25.5 Å². The standard InChI is InChI=1S/C22H28N4O3/c1-29-18-10-8-16(9-11-18)22(28)26-12-4-7-17(14-26)20-19(13-23-25-20)24-21(27)15-5-2-3-6-15/h8-11,13,15,17H,2-7,12,14H2,1H3,(H,23,25)(H,24,27)/t17-/m1/s1. The maximum Gasteiger partial charge on any atom is 0.253 e. The van der Waals surface area contributed by atoms with Gasteiger partial charge < -0.3 is 15.0 Å². The van der Waals surface area contributed by atoms with E-state index < -0.39 is 0 Å². The third kappa shape index (κ3) is 4.28. The van der Waals surface area contributed by atoms with Crippen molar-refractivity contribution in [1.29, 1.82) is 0 Å². The van der Waals surface area contributed by atoms with Crippen LogP contribution in [0.5, 0.6) is 5.75 Å². The second-order valence-corrected chi connectivity index (χ2v) is 7.99. The number of H-pyrrole nitrogens is 1. The fourth-order valence-corrected chi connectivity index (χ4v) is 4.44. The molecule has 0 spiro atoms. The molecule has 1 aromatic heterocycles. The minimum Gasteiger partial charge on any atom is -0.497 e. The SMILES string of the molecule is COc1ccc(C(=O)N2CCC[C@@H](c3[nH]ncc3NC(=O)C3CCCC3)C2)cc1. The van der Waals surface area contributed by atoms with Crippen molar-refractivity contribution in [2.45, 2.75) is 44.4 Å². The van der Waals surface area contributed by atoms with Crippen LogP contribution in [0, 0.1) is 5.92 Å². The third-order valence-electron chi connectivity index (χ3n) is 6.11. The van der Waals surface area contributed by atoms with Gasteiger partial charge in [0.25, 0.3) is 5.91 Å². The highest BCUT2D eigenvalue weighted by Crippen LogP contribution is 2.32. The van der Waals surface area contributed by atoms with Gasteiger partial charge in [-0.15, -0.1) is 0 Å². The molecule has 0 unspecified atom stereocenters. The van der Waals surface area contributed by atoms with E-state index in [0.29, 0.717) is 12.1 Å². The Morgan fingerprint density at radius 3 is 2.62 bits per heavy atom. The number of nitrogens with zero attached hydrogens (tertiary/aromatic N) is 2. The summed E-state index contributed by atoms with van der Waals surface area (Å²) >= 11 is 0. The van der Waals surface area contributed by atoms with Crippen LogP contribution in [-0.2, 0) is 4.79 Å². The number of hydrogen-bond donors (Lipinski definition) is 2. The van der Waals surface area contributed by atoms with E-state index in [1.54, 1.807) is 37.6 Å². The van der Waals surface area contributed by atoms with E-state index in [0.717, 1.165) is 62.2 Å². The van der Waals surface area contributed by atoms with E-state index in [1.807, 2.05) is 4.90 Å². The maximum absolute atomic E-state index is 12.9. The quantitative estimate of drug-likeness (QED) is 0.809. The van der Waals surface area contributed by atoms with Gasteiger partial charge in [-0.3, -0.25) is 14.7 Å². The lowest BCUT2D eigenvalue weighted by molar-refractivity contribution is -0.119. The molecule has 1 saturated heterocycles. The van der Waals surface area contributed by atoms with Gasteiger partial charge in [-0.05, 0) is 49.9 Å². The topological polar surface area (TPSA) is 87.3 Å². The third-order valence-corrected chi connectivity index (χ3v) is 6.11. The minimum atomic E-state index is 0.0217. The summed E-state index contributed by atoms with van der Waals surface area (Å²) in [6, 6.07) is 7.21. The van der Waals surface area contributed by atoms with Crippen LogP contribution in [0.25, 0.3) is 0 Å². The number of aromatic amines is 1. The number of aromatic nitrogens is 2. The number of carbonyl (C=O) groups is 2. The van der Waals surface area contributed by atoms with Crippen molar-refractivity contribution in [3.8, 4) is 5.75 Å². The van der Waals surface area contributed by atoms with Crippen LogP contribution in [0.15, 0.2) is 30.5 Å². The Morgan fingerprint density at radius 2 is 1.90 bits per heavy atom. The first-order valence-corrected chi connectivity index (χ1v) is 10.4. The fraction of sp³-hybridized carbons (Fsp3) is 0.500. The van der Waals surface area contributed by atoms with Crippen LogP contribution in [0.1, 0.15) is 60.5 Å². The molecule has 1 aliphatic heterocycles. The highest BCUT2D eigenvalue weighted by Gasteiger charge is 2.29. The summed E-state index contributed by atoms with van der Waals surface area (Å²) in [6.45, 7) is 1.35. The van der Waals surface area contributed by atoms with E-state index in [2.05, 4.69) is 15.5 Å². The summed E-state index contributed by atoms with van der Waals surface area (Å²) in [7, 11) is 1.61. The molecule has 0 bridgehead atoms. The molecule has 7 heteroatoms. The molecule has 0 radical (unpaired) electrons. The number of ether oxygens (including phenoxy) is 1. The van der Waals surface area contributed by atoms with Gasteiger partial charge in [0, 0.05) is 30.5 Å². The predicted molar refractivity (Wildman–Crippen MR) is 110 cm³/mol. The molecule has 2 N–H and O–H groups in total. The molecule has 2 amide bonds. The smallest absolute Gasteiger partial charge is 0.253 e. The Balaban J connectivity index is 1.44. The molecule has 2 fully saturated rings. The van der Waals surface area contributed by atoms with Gasteiger partial charge in [0.15, 0.2) is 0 Å². The average Bonchev–Trinajstić information content (AvgIpc) is 3.46. The van der Waals surface area contributed by atoms with Crippen LogP contribution in [0.3, 0.4) is 0 Å². The molecule has 1 aromatic carbocycles. The summed E-state index contributed by atoms with van der Waals surface area (Å²) in [6.07, 6.45) is 7.75. The van der Waals surface area contributed by atoms with E-state index in [-0.39, 0.29) is 23.7 Å². The van der Waals surface area contributed by atoms with Gasteiger partial charge in [-0.1, -0.05) is 12.8 Å². The second kappa shape index (κ2) is 8.68. The lowest BCUT2D eigenvalue weighted by atomic mass is 9.93. The second-order valence-electron chi connectivity index (χ2n) is 7.99. The number of rotatable bonds is 5. The number of carbonyl (C=O) groups excluding carboxylic acids is 2. The predicted octanol–water partition coefficient (Wildman–Crippen LogP) is 3.57. The van der Waals surface area contributed by atoms with Crippen molar-refractivity contribution < 1.29 is 14.3 Å². The lowest BCUT2D eigenvalue weighted by Crippen LogP contribution is -2.39. The van der Waals surface area contributed by atoms with Crippen LogP contribution in [-0.4, -0.2) is 47.1 Å². The number of hydrogen-bond acceptors (Lipinski definition) is 4. The molecule has 2 aliphatic rings. The fourth-order valence-electron chi connectivity index (χ4n) is 4.44. The first-order chi connectivity index (χ1) is 14.2. The summed E-state index contributed by atoms with van der Waals surface area (Å²) in [5.74, 6) is 1.09. The summed E-state index contributed by atoms with van der Waals surface area (Å²) in [5.41, 5.74) is 2.33. The maximum atomic E-state index is 12.9. The van der Waals surface area contributed by atoms with Gasteiger partial charge >= 0.3 is 0 Å². The van der Waals surface area contributed by atoms with Gasteiger partial charge in [0.05, 0.1) is 24.7 Å². The largest absolute Gasteiger partial charge is 0.497 e. The number of benzene rings is 1. The van der Waals surface area contributed by atoms with E-state index in [9.17, 15) is 9.59 Å². The van der Waals surface area contributed by atoms with Crippen LogP contribution < -0.4 is 10.1 Å². The molecular weight excluding hydrogens is 368 g/mol. The Bertz CT molecular complexity index is 855. The first-order valence-electron chi connectivity index (χ1n) is 10.4. The van der Waals surface area contributed by atoms with Gasteiger partial charge in [0.2, 0.25) is 5.91 Å². The highest BCUT2D eigenvalue weighted by molar-refractivity contribution is 5.95. The first kappa shape index (κ1) is 19.5. The normalized spacial score (nSPS) is 19.9. The number of methoxy groups -OCH3 is 1. The molecule has 154 valence electrons. The van der Waals surface area contributed by atoms with Crippen LogP contribution in [0.4, 0.5) is 5.69 Å². The Kier molecular flexibility index (Phi) is 5.83. The Hall–Kier alpha value is -2.83. The van der Waals surface area contributed by atoms with Crippen molar-refractivity contribution in [1.82, 2.24) is 15.1 Å². The molecule has 1 aliphatic carbocycles. The van der Waals surface area contributed by atoms with Gasteiger partial charge in [-0.25, -0.2) is 0 Å². The summed E-state index contributed by atoms with van der Waals surface area (Å²) in [4.78, 5) is 27.4. The van der Waals surface area contributed by atoms with E-state index in [1.165, 1.54) is 0 Å². The monoisotopic (exact) mass is 396 g/mol. The van der Waals surface area contributed by atoms with Gasteiger partial charge in [-0.2, -0.15) is 5.10 Å². The molecule has 29 heavy (non-hydrogen) atoms. The zero-order chi connectivity index (χ0) is 20.2. The van der Waals surface area contributed by atoms with E-state index in [4.69, 9.17) is 4.74 Å². The Morgan fingerprint density at radius 1 is 1.14 bits per heavy atom. The number of anilines is 1. The summed E-state index contributed by atoms with van der Waals surface area (Å²) < 4.78 is 5.17. The number of piperidine rings is 1. The molecule has 7 nitrogen and oxygen atoms in total. The zero-order valence-corrected chi connectivity index (χ0v) is 16.8. The summed E-state index contributed by atoms with van der Waals surface area (Å²) in [5, 5.41) is 10.3. The van der Waals surface area contributed by atoms with Crippen molar-refractivity contribution >= 4 is 17.5 Å². The van der Waals surface area contributed by atoms with Gasteiger partial charge in [0.1, 0.15) is 5.75 Å². The zero-order valence-electron chi connectivity index (χ0n) is 16.8. The van der Waals surface area contributed by atoms with Crippen molar-refractivity contribution in [3.63, 3.8) is 0 Å².